The predicted molar refractivity (Wildman–Crippen MR) is 74.2 cm³/mol. The number of amides is 1. The van der Waals surface area contributed by atoms with E-state index >= 15 is 0 Å². The zero-order valence-corrected chi connectivity index (χ0v) is 11.8. The van der Waals surface area contributed by atoms with Gasteiger partial charge in [-0.15, -0.1) is 0 Å². The topological polar surface area (TPSA) is 42.0 Å². The van der Waals surface area contributed by atoms with Crippen LogP contribution >= 0.6 is 15.9 Å². The number of carbonyl (C=O) groups excluding carboxylic acids is 1. The zero-order valence-electron chi connectivity index (χ0n) is 10.2. The molecule has 98 valence electrons. The van der Waals surface area contributed by atoms with Crippen LogP contribution in [0.25, 0.3) is 0 Å². The fourth-order valence-electron chi connectivity index (χ4n) is 1.71. The van der Waals surface area contributed by atoms with E-state index in [9.17, 15) is 9.18 Å². The zero-order chi connectivity index (χ0) is 13.8. The van der Waals surface area contributed by atoms with E-state index in [1.807, 2.05) is 0 Å². The van der Waals surface area contributed by atoms with Gasteiger partial charge in [-0.3, -0.25) is 4.79 Å². The summed E-state index contributed by atoms with van der Waals surface area (Å²) in [5.41, 5.74) is 0.739. The molecular formula is C14H12BrFN2O. The Hall–Kier alpha value is -1.75. The van der Waals surface area contributed by atoms with Gasteiger partial charge in [0.15, 0.2) is 0 Å². The second kappa shape index (κ2) is 5.93. The normalized spacial score (nSPS) is 11.9. The first kappa shape index (κ1) is 13.7. The third-order valence-electron chi connectivity index (χ3n) is 2.67. The maximum Gasteiger partial charge on any atom is 0.270 e. The molecule has 0 saturated heterocycles. The van der Waals surface area contributed by atoms with Gasteiger partial charge in [0.2, 0.25) is 0 Å². The number of hydrogen-bond donors (Lipinski definition) is 1. The molecule has 0 saturated carbocycles. The third kappa shape index (κ3) is 3.38. The molecule has 1 aromatic heterocycles. The summed E-state index contributed by atoms with van der Waals surface area (Å²) in [6, 6.07) is 11.0. The molecule has 3 nitrogen and oxygen atoms in total. The van der Waals surface area contributed by atoms with E-state index in [1.165, 1.54) is 6.07 Å². The Morgan fingerprint density at radius 2 is 2.00 bits per heavy atom. The summed E-state index contributed by atoms with van der Waals surface area (Å²) in [6.07, 6.45) is 0. The van der Waals surface area contributed by atoms with Crippen LogP contribution in [0.5, 0.6) is 0 Å². The molecule has 0 aliphatic carbocycles. The smallest absolute Gasteiger partial charge is 0.270 e. The quantitative estimate of drug-likeness (QED) is 0.879. The highest BCUT2D eigenvalue weighted by Gasteiger charge is 2.15. The summed E-state index contributed by atoms with van der Waals surface area (Å²) in [5, 5.41) is 2.72. The number of pyridine rings is 1. The van der Waals surface area contributed by atoms with Crippen molar-refractivity contribution in [3.05, 3.63) is 64.1 Å². The van der Waals surface area contributed by atoms with Crippen molar-refractivity contribution in [2.24, 2.45) is 0 Å². The van der Waals surface area contributed by atoms with Crippen LogP contribution in [0.4, 0.5) is 4.39 Å². The molecule has 2 aromatic rings. The minimum absolute atomic E-state index is 0.289. The van der Waals surface area contributed by atoms with Crippen LogP contribution in [0.3, 0.4) is 0 Å². The third-order valence-corrected chi connectivity index (χ3v) is 3.11. The molecule has 0 radical (unpaired) electrons. The first-order valence-corrected chi connectivity index (χ1v) is 6.55. The molecule has 1 unspecified atom stereocenters. The van der Waals surface area contributed by atoms with Crippen molar-refractivity contribution in [1.29, 1.82) is 0 Å². The van der Waals surface area contributed by atoms with Crippen LogP contribution < -0.4 is 5.32 Å². The van der Waals surface area contributed by atoms with Gasteiger partial charge in [0.25, 0.3) is 5.91 Å². The lowest BCUT2D eigenvalue weighted by Gasteiger charge is -2.14. The van der Waals surface area contributed by atoms with Crippen molar-refractivity contribution in [3.63, 3.8) is 0 Å². The molecule has 5 heteroatoms. The summed E-state index contributed by atoms with van der Waals surface area (Å²) in [7, 11) is 0. The summed E-state index contributed by atoms with van der Waals surface area (Å²) in [4.78, 5) is 16.0. The summed E-state index contributed by atoms with van der Waals surface area (Å²) in [6.45, 7) is 1.73. The molecule has 0 bridgehead atoms. The van der Waals surface area contributed by atoms with Crippen LogP contribution in [0.2, 0.25) is 0 Å². The van der Waals surface area contributed by atoms with Crippen molar-refractivity contribution < 1.29 is 9.18 Å². The predicted octanol–water partition coefficient (Wildman–Crippen LogP) is 3.47. The van der Waals surface area contributed by atoms with Crippen LogP contribution in [0, 0.1) is 5.82 Å². The maximum absolute atomic E-state index is 13.6. The molecule has 2 rings (SSSR count). The second-order valence-electron chi connectivity index (χ2n) is 4.06. The first-order valence-electron chi connectivity index (χ1n) is 5.76. The summed E-state index contributed by atoms with van der Waals surface area (Å²) in [5.74, 6) is -0.672. The lowest BCUT2D eigenvalue weighted by atomic mass is 10.1. The highest BCUT2D eigenvalue weighted by atomic mass is 79.9. The molecule has 1 amide bonds. The molecule has 0 aliphatic heterocycles. The van der Waals surface area contributed by atoms with Crippen LogP contribution in [0.1, 0.15) is 29.0 Å². The van der Waals surface area contributed by atoms with Crippen molar-refractivity contribution >= 4 is 21.8 Å². The Balaban J connectivity index is 2.13. The van der Waals surface area contributed by atoms with E-state index in [-0.39, 0.29) is 17.4 Å². The van der Waals surface area contributed by atoms with Crippen LogP contribution in [-0.4, -0.2) is 10.9 Å². The minimum Gasteiger partial charge on any atom is -0.344 e. The van der Waals surface area contributed by atoms with Gasteiger partial charge in [0.05, 0.1) is 6.04 Å². The Kier molecular flexibility index (Phi) is 4.27. The number of nitrogens with zero attached hydrogens (tertiary/aromatic N) is 1. The van der Waals surface area contributed by atoms with E-state index in [2.05, 4.69) is 26.2 Å². The Bertz CT molecular complexity index is 604. The molecule has 1 aromatic carbocycles. The maximum atomic E-state index is 13.6. The molecule has 0 spiro atoms. The average molecular weight is 323 g/mol. The molecular weight excluding hydrogens is 311 g/mol. The molecule has 1 heterocycles. The van der Waals surface area contributed by atoms with Gasteiger partial charge in [-0.25, -0.2) is 9.37 Å². The molecule has 1 N–H and O–H groups in total. The van der Waals surface area contributed by atoms with Crippen LogP contribution in [-0.2, 0) is 0 Å². The second-order valence-corrected chi connectivity index (χ2v) is 4.87. The minimum atomic E-state index is -0.422. The lowest BCUT2D eigenvalue weighted by Crippen LogP contribution is -2.28. The van der Waals surface area contributed by atoms with Gasteiger partial charge in [0.1, 0.15) is 16.1 Å². The molecule has 19 heavy (non-hydrogen) atoms. The number of halogens is 2. The van der Waals surface area contributed by atoms with Gasteiger partial charge in [-0.1, -0.05) is 24.3 Å². The Morgan fingerprint density at radius 3 is 2.68 bits per heavy atom. The Morgan fingerprint density at radius 1 is 1.26 bits per heavy atom. The molecule has 0 fully saturated rings. The first-order chi connectivity index (χ1) is 9.08. The number of aromatic nitrogens is 1. The Labute approximate surface area is 119 Å². The fourth-order valence-corrected chi connectivity index (χ4v) is 2.05. The molecule has 1 atom stereocenters. The van der Waals surface area contributed by atoms with Crippen molar-refractivity contribution in [3.8, 4) is 0 Å². The van der Waals surface area contributed by atoms with E-state index in [4.69, 9.17) is 0 Å². The molecule has 0 aliphatic rings. The highest BCUT2D eigenvalue weighted by molar-refractivity contribution is 9.10. The van der Waals surface area contributed by atoms with Gasteiger partial charge >= 0.3 is 0 Å². The van der Waals surface area contributed by atoms with E-state index < -0.39 is 6.04 Å². The number of benzene rings is 1. The number of rotatable bonds is 3. The van der Waals surface area contributed by atoms with Crippen molar-refractivity contribution in [2.75, 3.05) is 0 Å². The van der Waals surface area contributed by atoms with Gasteiger partial charge in [-0.2, -0.15) is 0 Å². The summed E-state index contributed by atoms with van der Waals surface area (Å²) < 4.78 is 14.2. The van der Waals surface area contributed by atoms with Gasteiger partial charge in [-0.05, 0) is 41.1 Å². The van der Waals surface area contributed by atoms with Crippen molar-refractivity contribution in [1.82, 2.24) is 10.3 Å². The standard InChI is InChI=1S/C14H12BrFN2O/c1-9(10-5-2-3-6-11(10)16)17-14(19)12-7-4-8-13(15)18-12/h2-9H,1H3,(H,17,19). The monoisotopic (exact) mass is 322 g/mol. The van der Waals surface area contributed by atoms with E-state index in [0.29, 0.717) is 10.2 Å². The SMILES string of the molecule is CC(NC(=O)c1cccc(Br)n1)c1ccccc1F. The largest absolute Gasteiger partial charge is 0.344 e. The number of nitrogens with one attached hydrogen (secondary N) is 1. The van der Waals surface area contributed by atoms with E-state index in [1.54, 1.807) is 43.3 Å². The number of carbonyl (C=O) groups is 1. The van der Waals surface area contributed by atoms with E-state index in [0.717, 1.165) is 0 Å². The van der Waals surface area contributed by atoms with Gasteiger partial charge in [0, 0.05) is 5.56 Å². The summed E-state index contributed by atoms with van der Waals surface area (Å²) >= 11 is 3.20. The van der Waals surface area contributed by atoms with Crippen LogP contribution in [0.15, 0.2) is 47.1 Å². The number of hydrogen-bond acceptors (Lipinski definition) is 2. The fraction of sp³-hybridized carbons (Fsp3) is 0.143. The average Bonchev–Trinajstić information content (AvgIpc) is 2.39. The highest BCUT2D eigenvalue weighted by Crippen LogP contribution is 2.16. The van der Waals surface area contributed by atoms with Gasteiger partial charge < -0.3 is 5.32 Å². The lowest BCUT2D eigenvalue weighted by molar-refractivity contribution is 0.0934. The van der Waals surface area contributed by atoms with Crippen molar-refractivity contribution in [2.45, 2.75) is 13.0 Å².